The average Bonchev–Trinajstić information content (AvgIpc) is 3.02. The number of nitrogens with two attached hydrogens (primary N) is 1. The van der Waals surface area contributed by atoms with Crippen molar-refractivity contribution in [1.82, 2.24) is 9.88 Å². The molecule has 1 aromatic rings. The van der Waals surface area contributed by atoms with Crippen LogP contribution in [0.5, 0.6) is 5.88 Å². The Kier molecular flexibility index (Phi) is 7.11. The number of carbonyl (C=O) groups is 1. The zero-order chi connectivity index (χ0) is 17.4. The van der Waals surface area contributed by atoms with Gasteiger partial charge in [-0.15, -0.1) is 0 Å². The molecule has 0 radical (unpaired) electrons. The van der Waals surface area contributed by atoms with Gasteiger partial charge in [-0.25, -0.2) is 0 Å². The molecule has 0 aliphatic carbocycles. The van der Waals surface area contributed by atoms with Crippen molar-refractivity contribution in [2.75, 3.05) is 56.6 Å². The number of nitrogen functional groups attached to an aromatic ring is 1. The second-order valence-corrected chi connectivity index (χ2v) is 5.52. The Hall–Kier alpha value is -2.02. The number of morpholine rings is 1. The van der Waals surface area contributed by atoms with E-state index in [1.54, 1.807) is 0 Å². The number of aromatic nitrogens is 1. The van der Waals surface area contributed by atoms with Crippen LogP contribution in [0.25, 0.3) is 0 Å². The summed E-state index contributed by atoms with van der Waals surface area (Å²) in [6, 6.07) is 3.75. The number of ether oxygens (including phenoxy) is 2. The quantitative estimate of drug-likeness (QED) is 0.878. The van der Waals surface area contributed by atoms with E-state index >= 15 is 0 Å². The first-order valence-corrected chi connectivity index (χ1v) is 8.73. The lowest BCUT2D eigenvalue weighted by Gasteiger charge is -2.29. The van der Waals surface area contributed by atoms with E-state index in [-0.39, 0.29) is 5.91 Å². The van der Waals surface area contributed by atoms with E-state index in [2.05, 4.69) is 9.88 Å². The summed E-state index contributed by atoms with van der Waals surface area (Å²) >= 11 is 0. The Bertz CT molecular complexity index is 533. The summed E-state index contributed by atoms with van der Waals surface area (Å²) in [6.45, 7) is 8.97. The van der Waals surface area contributed by atoms with E-state index in [9.17, 15) is 4.79 Å². The van der Waals surface area contributed by atoms with Crippen molar-refractivity contribution in [1.29, 1.82) is 0 Å². The zero-order valence-electron chi connectivity index (χ0n) is 14.7. The van der Waals surface area contributed by atoms with Crippen LogP contribution in [0.2, 0.25) is 0 Å². The molecule has 0 bridgehead atoms. The van der Waals surface area contributed by atoms with E-state index in [1.807, 2.05) is 30.9 Å². The minimum atomic E-state index is 0.207. The van der Waals surface area contributed by atoms with Gasteiger partial charge in [0.1, 0.15) is 12.4 Å². The van der Waals surface area contributed by atoms with Gasteiger partial charge in [0.15, 0.2) is 0 Å². The lowest BCUT2D eigenvalue weighted by atomic mass is 10.3. The number of pyridine rings is 1. The van der Waals surface area contributed by atoms with Gasteiger partial charge in [0.05, 0.1) is 19.8 Å². The summed E-state index contributed by atoms with van der Waals surface area (Å²) < 4.78 is 11.0. The summed E-state index contributed by atoms with van der Waals surface area (Å²) in [5.41, 5.74) is 6.87. The molecule has 134 valence electrons. The second-order valence-electron chi connectivity index (χ2n) is 5.52. The summed E-state index contributed by atoms with van der Waals surface area (Å²) in [6.07, 6.45) is 1.59. The van der Waals surface area contributed by atoms with Crippen molar-refractivity contribution in [2.24, 2.45) is 0 Å². The van der Waals surface area contributed by atoms with Crippen LogP contribution in [0.15, 0.2) is 12.1 Å². The Morgan fingerprint density at radius 2 is 2.00 bits per heavy atom. The lowest BCUT2D eigenvalue weighted by molar-refractivity contribution is -0.128. The molecule has 3 heterocycles. The number of hydrogen-bond donors (Lipinski definition) is 1. The monoisotopic (exact) mass is 336 g/mol. The molecule has 2 aliphatic rings. The maximum atomic E-state index is 11.5. The van der Waals surface area contributed by atoms with Gasteiger partial charge < -0.3 is 25.0 Å². The van der Waals surface area contributed by atoms with Gasteiger partial charge in [0.25, 0.3) is 0 Å². The third-order valence-corrected chi connectivity index (χ3v) is 3.97. The number of hydrogen-bond acceptors (Lipinski definition) is 6. The summed E-state index contributed by atoms with van der Waals surface area (Å²) in [5.74, 6) is 1.16. The summed E-state index contributed by atoms with van der Waals surface area (Å²) in [4.78, 5) is 19.8. The lowest BCUT2D eigenvalue weighted by Crippen LogP contribution is -2.36. The molecule has 24 heavy (non-hydrogen) atoms. The highest BCUT2D eigenvalue weighted by atomic mass is 16.5. The average molecular weight is 336 g/mol. The van der Waals surface area contributed by atoms with Crippen LogP contribution < -0.4 is 15.4 Å². The maximum absolute atomic E-state index is 11.5. The van der Waals surface area contributed by atoms with E-state index in [0.717, 1.165) is 45.0 Å². The number of amides is 1. The van der Waals surface area contributed by atoms with Crippen LogP contribution in [-0.4, -0.2) is 61.8 Å². The highest BCUT2D eigenvalue weighted by Gasteiger charge is 2.19. The van der Waals surface area contributed by atoms with Crippen molar-refractivity contribution < 1.29 is 14.3 Å². The highest BCUT2D eigenvalue weighted by molar-refractivity contribution is 5.78. The van der Waals surface area contributed by atoms with Crippen LogP contribution in [0, 0.1) is 0 Å². The highest BCUT2D eigenvalue weighted by Crippen LogP contribution is 2.23. The van der Waals surface area contributed by atoms with Crippen LogP contribution >= 0.6 is 0 Å². The molecule has 0 spiro atoms. The number of rotatable bonds is 5. The Morgan fingerprint density at radius 3 is 2.67 bits per heavy atom. The molecular formula is C17H28N4O3. The number of carbonyl (C=O) groups excluding carboxylic acids is 1. The van der Waals surface area contributed by atoms with Crippen molar-refractivity contribution >= 4 is 17.4 Å². The standard InChI is InChI=1S/C15H22N4O3.C2H6/c16-13-10-12(18-4-7-21-8-5-18)11-14(17-13)22-9-6-19-3-1-2-15(19)20;1-2/h10-11H,1-9H2,(H2,16,17);1-2H3. The van der Waals surface area contributed by atoms with E-state index < -0.39 is 0 Å². The number of anilines is 2. The first-order valence-electron chi connectivity index (χ1n) is 8.73. The van der Waals surface area contributed by atoms with Crippen LogP contribution in [0.4, 0.5) is 11.5 Å². The molecule has 0 atom stereocenters. The fourth-order valence-electron chi connectivity index (χ4n) is 2.79. The fraction of sp³-hybridized carbons (Fsp3) is 0.647. The van der Waals surface area contributed by atoms with Crippen LogP contribution in [-0.2, 0) is 9.53 Å². The molecule has 0 aromatic carbocycles. The Balaban J connectivity index is 0.00000100. The molecule has 0 saturated carbocycles. The molecule has 3 rings (SSSR count). The summed E-state index contributed by atoms with van der Waals surface area (Å²) in [5, 5.41) is 0. The fourth-order valence-corrected chi connectivity index (χ4v) is 2.79. The van der Waals surface area contributed by atoms with E-state index in [4.69, 9.17) is 15.2 Å². The summed E-state index contributed by atoms with van der Waals surface area (Å²) in [7, 11) is 0. The minimum absolute atomic E-state index is 0.207. The Labute approximate surface area is 143 Å². The predicted molar refractivity (Wildman–Crippen MR) is 94.3 cm³/mol. The zero-order valence-corrected chi connectivity index (χ0v) is 14.7. The largest absolute Gasteiger partial charge is 0.476 e. The van der Waals surface area contributed by atoms with Gasteiger partial charge in [-0.3, -0.25) is 4.79 Å². The van der Waals surface area contributed by atoms with Crippen LogP contribution in [0.1, 0.15) is 26.7 Å². The van der Waals surface area contributed by atoms with Gasteiger partial charge in [-0.2, -0.15) is 4.98 Å². The van der Waals surface area contributed by atoms with Gasteiger partial charge in [0, 0.05) is 43.9 Å². The van der Waals surface area contributed by atoms with Gasteiger partial charge in [0.2, 0.25) is 11.8 Å². The molecule has 7 nitrogen and oxygen atoms in total. The van der Waals surface area contributed by atoms with Crippen molar-refractivity contribution in [3.63, 3.8) is 0 Å². The third-order valence-electron chi connectivity index (χ3n) is 3.97. The number of nitrogens with zero attached hydrogens (tertiary/aromatic N) is 3. The SMILES string of the molecule is CC.Nc1cc(N2CCOCC2)cc(OCCN2CCCC2=O)n1. The van der Waals surface area contributed by atoms with Crippen molar-refractivity contribution in [3.05, 3.63) is 12.1 Å². The Morgan fingerprint density at radius 1 is 1.25 bits per heavy atom. The molecule has 2 aliphatic heterocycles. The van der Waals surface area contributed by atoms with Crippen molar-refractivity contribution in [2.45, 2.75) is 26.7 Å². The normalized spacial score (nSPS) is 17.5. The number of likely N-dealkylation sites (tertiary alicyclic amines) is 1. The van der Waals surface area contributed by atoms with Gasteiger partial charge in [-0.05, 0) is 6.42 Å². The maximum Gasteiger partial charge on any atom is 0.222 e. The minimum Gasteiger partial charge on any atom is -0.476 e. The molecule has 0 unspecified atom stereocenters. The first-order chi connectivity index (χ1) is 11.7. The second kappa shape index (κ2) is 9.32. The molecule has 2 saturated heterocycles. The smallest absolute Gasteiger partial charge is 0.222 e. The molecule has 1 amide bonds. The third kappa shape index (κ3) is 4.99. The van der Waals surface area contributed by atoms with E-state index in [0.29, 0.717) is 31.3 Å². The van der Waals surface area contributed by atoms with Crippen LogP contribution in [0.3, 0.4) is 0 Å². The molecule has 2 N–H and O–H groups in total. The first kappa shape index (κ1) is 18.3. The molecule has 2 fully saturated rings. The molecule has 1 aromatic heterocycles. The van der Waals surface area contributed by atoms with E-state index in [1.165, 1.54) is 0 Å². The molecule has 7 heteroatoms. The van der Waals surface area contributed by atoms with Gasteiger partial charge >= 0.3 is 0 Å². The predicted octanol–water partition coefficient (Wildman–Crippen LogP) is 1.53. The topological polar surface area (TPSA) is 80.9 Å². The van der Waals surface area contributed by atoms with Gasteiger partial charge in [-0.1, -0.05) is 13.8 Å². The molecular weight excluding hydrogens is 308 g/mol. The van der Waals surface area contributed by atoms with Crippen molar-refractivity contribution in [3.8, 4) is 5.88 Å².